The molecule has 1 aromatic rings. The maximum atomic E-state index is 11.9. The van der Waals surface area contributed by atoms with Crippen molar-refractivity contribution in [2.75, 3.05) is 13.7 Å². The van der Waals surface area contributed by atoms with Crippen LogP contribution in [0.15, 0.2) is 29.2 Å². The number of hydrogen-bond donors (Lipinski definition) is 1. The van der Waals surface area contributed by atoms with Crippen LogP contribution in [0.4, 0.5) is 5.69 Å². The van der Waals surface area contributed by atoms with Crippen molar-refractivity contribution in [3.8, 4) is 0 Å². The van der Waals surface area contributed by atoms with Crippen molar-refractivity contribution in [3.63, 3.8) is 0 Å². The Morgan fingerprint density at radius 2 is 2.06 bits per heavy atom. The molecule has 0 amide bonds. The number of sulfonamides is 1. The predicted molar refractivity (Wildman–Crippen MR) is 64.8 cm³/mol. The van der Waals surface area contributed by atoms with E-state index in [1.807, 2.05) is 0 Å². The van der Waals surface area contributed by atoms with Crippen molar-refractivity contribution < 1.29 is 18.1 Å². The summed E-state index contributed by atoms with van der Waals surface area (Å²) in [6, 6.07) is 5.18. The van der Waals surface area contributed by atoms with Crippen LogP contribution in [0.1, 0.15) is 6.92 Å². The molecule has 0 spiro atoms. The van der Waals surface area contributed by atoms with Crippen molar-refractivity contribution in [1.82, 2.24) is 4.72 Å². The average molecular weight is 274 g/mol. The number of ether oxygens (including phenoxy) is 1. The molecule has 0 heterocycles. The summed E-state index contributed by atoms with van der Waals surface area (Å²) in [5.74, 6) is 0. The zero-order valence-corrected chi connectivity index (χ0v) is 10.8. The molecule has 0 aliphatic carbocycles. The normalized spacial score (nSPS) is 13.2. The van der Waals surface area contributed by atoms with Gasteiger partial charge in [0.05, 0.1) is 11.0 Å². The van der Waals surface area contributed by atoms with E-state index in [0.717, 1.165) is 6.07 Å². The summed E-state index contributed by atoms with van der Waals surface area (Å²) in [5.41, 5.74) is -0.449. The largest absolute Gasteiger partial charge is 0.380 e. The number of methoxy groups -OCH3 is 1. The number of nitrogens with one attached hydrogen (secondary N) is 1. The van der Waals surface area contributed by atoms with E-state index in [1.54, 1.807) is 6.92 Å². The van der Waals surface area contributed by atoms with Crippen molar-refractivity contribution in [3.05, 3.63) is 34.4 Å². The summed E-state index contributed by atoms with van der Waals surface area (Å²) in [7, 11) is -2.46. The lowest BCUT2D eigenvalue weighted by atomic mass is 10.3. The first kappa shape index (κ1) is 14.6. The first-order valence-electron chi connectivity index (χ1n) is 5.14. The molecule has 7 nitrogen and oxygen atoms in total. The topological polar surface area (TPSA) is 98.5 Å². The molecule has 0 saturated heterocycles. The summed E-state index contributed by atoms with van der Waals surface area (Å²) >= 11 is 0. The lowest BCUT2D eigenvalue weighted by Crippen LogP contribution is -2.32. The first-order valence-corrected chi connectivity index (χ1v) is 6.62. The molecule has 0 bridgehead atoms. The van der Waals surface area contributed by atoms with Crippen LogP contribution in [0.2, 0.25) is 0 Å². The molecule has 100 valence electrons. The van der Waals surface area contributed by atoms with E-state index in [0.29, 0.717) is 0 Å². The van der Waals surface area contributed by atoms with Crippen LogP contribution >= 0.6 is 0 Å². The summed E-state index contributed by atoms with van der Waals surface area (Å²) in [6.07, 6.45) is -0.317. The fraction of sp³-hybridized carbons (Fsp3) is 0.400. The Labute approximate surface area is 105 Å². The van der Waals surface area contributed by atoms with Crippen LogP contribution in [-0.2, 0) is 14.8 Å². The molecule has 1 aromatic carbocycles. The number of hydrogen-bond acceptors (Lipinski definition) is 5. The van der Waals surface area contributed by atoms with Gasteiger partial charge in [-0.25, -0.2) is 13.1 Å². The van der Waals surface area contributed by atoms with Crippen molar-refractivity contribution in [2.45, 2.75) is 17.9 Å². The molecular formula is C10H14N2O5S. The highest BCUT2D eigenvalue weighted by Gasteiger charge is 2.25. The summed E-state index contributed by atoms with van der Waals surface area (Å²) in [5, 5.41) is 10.8. The van der Waals surface area contributed by atoms with Gasteiger partial charge in [-0.15, -0.1) is 0 Å². The molecule has 0 aliphatic heterocycles. The minimum Gasteiger partial charge on any atom is -0.380 e. The van der Waals surface area contributed by atoms with Gasteiger partial charge in [-0.2, -0.15) is 0 Å². The molecule has 18 heavy (non-hydrogen) atoms. The Morgan fingerprint density at radius 3 is 2.61 bits per heavy atom. The Bertz CT molecular complexity index is 529. The number of nitrogens with zero attached hydrogens (tertiary/aromatic N) is 1. The van der Waals surface area contributed by atoms with E-state index >= 15 is 0 Å². The summed E-state index contributed by atoms with van der Waals surface area (Å²) < 4.78 is 31.0. The quantitative estimate of drug-likeness (QED) is 0.614. The van der Waals surface area contributed by atoms with Crippen molar-refractivity contribution in [1.29, 1.82) is 0 Å². The monoisotopic (exact) mass is 274 g/mol. The lowest BCUT2D eigenvalue weighted by molar-refractivity contribution is -0.387. The van der Waals surface area contributed by atoms with Gasteiger partial charge in [-0.05, 0) is 13.0 Å². The van der Waals surface area contributed by atoms with Gasteiger partial charge in [0.1, 0.15) is 0 Å². The second kappa shape index (κ2) is 5.89. The van der Waals surface area contributed by atoms with E-state index in [4.69, 9.17) is 4.74 Å². The van der Waals surface area contributed by atoms with Gasteiger partial charge >= 0.3 is 0 Å². The van der Waals surface area contributed by atoms with Gasteiger partial charge in [0.15, 0.2) is 4.90 Å². The second-order valence-corrected chi connectivity index (χ2v) is 5.36. The molecule has 0 aromatic heterocycles. The fourth-order valence-electron chi connectivity index (χ4n) is 1.22. The number of benzene rings is 1. The number of nitro groups is 1. The molecule has 0 aliphatic rings. The molecule has 1 atom stereocenters. The van der Waals surface area contributed by atoms with Crippen LogP contribution in [0.25, 0.3) is 0 Å². The van der Waals surface area contributed by atoms with Crippen molar-refractivity contribution >= 4 is 15.7 Å². The maximum absolute atomic E-state index is 11.9. The second-order valence-electron chi connectivity index (χ2n) is 3.62. The molecule has 1 N–H and O–H groups in total. The minimum atomic E-state index is -3.91. The Kier molecular flexibility index (Phi) is 4.76. The van der Waals surface area contributed by atoms with Gasteiger partial charge in [0, 0.05) is 19.7 Å². The van der Waals surface area contributed by atoms with E-state index in [1.165, 1.54) is 25.3 Å². The van der Waals surface area contributed by atoms with Gasteiger partial charge in [0.25, 0.3) is 5.69 Å². The van der Waals surface area contributed by atoms with E-state index < -0.39 is 20.6 Å². The third kappa shape index (κ3) is 3.49. The lowest BCUT2D eigenvalue weighted by Gasteiger charge is -2.11. The molecule has 0 saturated carbocycles. The Balaban J connectivity index is 3.02. The molecule has 8 heteroatoms. The Morgan fingerprint density at radius 1 is 1.44 bits per heavy atom. The van der Waals surface area contributed by atoms with Gasteiger partial charge in [0.2, 0.25) is 10.0 Å². The zero-order chi connectivity index (χ0) is 13.8. The summed E-state index contributed by atoms with van der Waals surface area (Å²) in [4.78, 5) is 9.67. The van der Waals surface area contributed by atoms with Gasteiger partial charge in [-0.1, -0.05) is 12.1 Å². The van der Waals surface area contributed by atoms with E-state index in [9.17, 15) is 18.5 Å². The SMILES string of the molecule is COC(C)CNS(=O)(=O)c1ccccc1[N+](=O)[O-]. The zero-order valence-electron chi connectivity index (χ0n) is 9.99. The third-order valence-corrected chi connectivity index (χ3v) is 3.79. The van der Waals surface area contributed by atoms with Crippen LogP contribution in [0.3, 0.4) is 0 Å². The van der Waals surface area contributed by atoms with E-state index in [2.05, 4.69) is 4.72 Å². The highest BCUT2D eigenvalue weighted by molar-refractivity contribution is 7.89. The molecule has 0 radical (unpaired) electrons. The molecule has 0 fully saturated rings. The highest BCUT2D eigenvalue weighted by Crippen LogP contribution is 2.22. The maximum Gasteiger partial charge on any atom is 0.289 e. The first-order chi connectivity index (χ1) is 8.38. The highest BCUT2D eigenvalue weighted by atomic mass is 32.2. The summed E-state index contributed by atoms with van der Waals surface area (Å²) in [6.45, 7) is 1.73. The average Bonchev–Trinajstić information content (AvgIpc) is 2.36. The van der Waals surface area contributed by atoms with Gasteiger partial charge in [-0.3, -0.25) is 10.1 Å². The van der Waals surface area contributed by atoms with Crippen molar-refractivity contribution in [2.24, 2.45) is 0 Å². The molecule has 1 rings (SSSR count). The number of para-hydroxylation sites is 1. The molecule has 1 unspecified atom stereocenters. The fourth-order valence-corrected chi connectivity index (χ4v) is 2.51. The standard InChI is InChI=1S/C10H14N2O5S/c1-8(17-2)7-11-18(15,16)10-6-4-3-5-9(10)12(13)14/h3-6,8,11H,7H2,1-2H3. The van der Waals surface area contributed by atoms with Crippen LogP contribution in [0, 0.1) is 10.1 Å². The molecular weight excluding hydrogens is 260 g/mol. The third-order valence-electron chi connectivity index (χ3n) is 2.31. The van der Waals surface area contributed by atoms with Crippen LogP contribution in [-0.4, -0.2) is 33.1 Å². The smallest absolute Gasteiger partial charge is 0.289 e. The number of rotatable bonds is 6. The number of nitro benzene ring substituents is 1. The van der Waals surface area contributed by atoms with Gasteiger partial charge < -0.3 is 4.74 Å². The van der Waals surface area contributed by atoms with Crippen LogP contribution in [0.5, 0.6) is 0 Å². The van der Waals surface area contributed by atoms with Crippen LogP contribution < -0.4 is 4.72 Å². The minimum absolute atomic E-state index is 0.0465. The Hall–Kier alpha value is -1.51. The van der Waals surface area contributed by atoms with E-state index in [-0.39, 0.29) is 17.5 Å². The predicted octanol–water partition coefficient (Wildman–Crippen LogP) is 0.908.